The predicted octanol–water partition coefficient (Wildman–Crippen LogP) is 2.82. The first-order valence-electron chi connectivity index (χ1n) is 8.94. The lowest BCUT2D eigenvalue weighted by molar-refractivity contribution is -0.115. The molecule has 2 aromatic rings. The Balaban J connectivity index is 1.57. The average molecular weight is 445 g/mol. The van der Waals surface area contributed by atoms with Crippen LogP contribution >= 0.6 is 15.9 Å². The topological polar surface area (TPSA) is 66.1 Å². The van der Waals surface area contributed by atoms with Gasteiger partial charge in [-0.05, 0) is 48.4 Å². The van der Waals surface area contributed by atoms with Gasteiger partial charge in [0.15, 0.2) is 5.70 Å². The number of carbonyl (C=O) groups is 1. The highest BCUT2D eigenvalue weighted by Gasteiger charge is 2.35. The Bertz CT molecular complexity index is 930. The highest BCUT2D eigenvalue weighted by atomic mass is 79.9. The molecule has 0 atom stereocenters. The molecule has 2 heterocycles. The van der Waals surface area contributed by atoms with Crippen molar-refractivity contribution in [1.29, 1.82) is 0 Å². The number of aryl methyl sites for hydroxylation is 1. The summed E-state index contributed by atoms with van der Waals surface area (Å²) in [5.41, 5.74) is 9.37. The minimum Gasteiger partial charge on any atom is -0.497 e. The van der Waals surface area contributed by atoms with Crippen molar-refractivity contribution in [2.24, 2.45) is 0 Å². The van der Waals surface area contributed by atoms with Crippen molar-refractivity contribution in [3.63, 3.8) is 0 Å². The van der Waals surface area contributed by atoms with E-state index >= 15 is 0 Å². The molecule has 28 heavy (non-hydrogen) atoms. The summed E-state index contributed by atoms with van der Waals surface area (Å²) in [7, 11) is 1.64. The van der Waals surface area contributed by atoms with E-state index in [0.717, 1.165) is 27.0 Å². The number of hydrogen-bond donors (Lipinski definition) is 2. The minimum atomic E-state index is -0.123. The number of hydrogen-bond acceptors (Lipinski definition) is 6. The molecule has 0 saturated carbocycles. The van der Waals surface area contributed by atoms with Crippen LogP contribution in [0.15, 0.2) is 58.5 Å². The van der Waals surface area contributed by atoms with Gasteiger partial charge in [-0.3, -0.25) is 15.2 Å². The second-order valence-corrected chi connectivity index (χ2v) is 7.50. The Morgan fingerprint density at radius 1 is 1.21 bits per heavy atom. The average Bonchev–Trinajstić information content (AvgIpc) is 3.00. The fraction of sp³-hybridized carbons (Fsp3) is 0.250. The van der Waals surface area contributed by atoms with E-state index < -0.39 is 0 Å². The van der Waals surface area contributed by atoms with Crippen molar-refractivity contribution in [2.45, 2.75) is 13.5 Å². The summed E-state index contributed by atoms with van der Waals surface area (Å²) < 4.78 is 12.1. The molecule has 0 unspecified atom stereocenters. The van der Waals surface area contributed by atoms with Crippen molar-refractivity contribution in [1.82, 2.24) is 16.0 Å². The Morgan fingerprint density at radius 3 is 2.71 bits per heavy atom. The van der Waals surface area contributed by atoms with E-state index in [-0.39, 0.29) is 5.91 Å². The van der Waals surface area contributed by atoms with Crippen LogP contribution < -0.4 is 20.6 Å². The Morgan fingerprint density at radius 2 is 2.00 bits per heavy atom. The summed E-state index contributed by atoms with van der Waals surface area (Å²) in [5, 5.41) is 1.80. The number of ether oxygens (including phenoxy) is 2. The zero-order chi connectivity index (χ0) is 19.7. The van der Waals surface area contributed by atoms with Crippen LogP contribution in [0.5, 0.6) is 5.75 Å². The normalized spacial score (nSPS) is 16.5. The third kappa shape index (κ3) is 3.53. The van der Waals surface area contributed by atoms with Crippen LogP contribution in [0, 0.1) is 6.92 Å². The SMILES string of the molecule is COc1ccc(CN2NNC3=C2OCCN(c2ccc(Br)cc2C)C3=O)cc1. The van der Waals surface area contributed by atoms with E-state index in [0.29, 0.717) is 31.3 Å². The zero-order valence-corrected chi connectivity index (χ0v) is 17.2. The first kappa shape index (κ1) is 18.6. The number of methoxy groups -OCH3 is 1. The minimum absolute atomic E-state index is 0.123. The molecule has 0 spiro atoms. The van der Waals surface area contributed by atoms with Gasteiger partial charge in [-0.25, -0.2) is 0 Å². The van der Waals surface area contributed by atoms with Gasteiger partial charge in [0.05, 0.1) is 20.2 Å². The first-order valence-corrected chi connectivity index (χ1v) is 9.73. The van der Waals surface area contributed by atoms with E-state index in [1.807, 2.05) is 49.4 Å². The summed E-state index contributed by atoms with van der Waals surface area (Å²) in [6, 6.07) is 13.7. The molecule has 0 bridgehead atoms. The molecule has 0 aromatic heterocycles. The van der Waals surface area contributed by atoms with Crippen molar-refractivity contribution in [3.05, 3.63) is 69.6 Å². The van der Waals surface area contributed by atoms with Crippen LogP contribution in [0.1, 0.15) is 11.1 Å². The summed E-state index contributed by atoms with van der Waals surface area (Å²) in [6.45, 7) is 3.42. The molecule has 146 valence electrons. The number of hydrazine groups is 2. The molecule has 0 aliphatic carbocycles. The first-order chi connectivity index (χ1) is 13.6. The number of benzene rings is 2. The third-order valence-corrected chi connectivity index (χ3v) is 5.23. The number of amides is 1. The predicted molar refractivity (Wildman–Crippen MR) is 109 cm³/mol. The highest BCUT2D eigenvalue weighted by Crippen LogP contribution is 2.28. The van der Waals surface area contributed by atoms with E-state index in [9.17, 15) is 4.79 Å². The van der Waals surface area contributed by atoms with Gasteiger partial charge in [0.25, 0.3) is 5.91 Å². The number of carbonyl (C=O) groups excluding carboxylic acids is 1. The number of rotatable bonds is 4. The van der Waals surface area contributed by atoms with Gasteiger partial charge in [0.1, 0.15) is 12.4 Å². The van der Waals surface area contributed by atoms with Crippen molar-refractivity contribution >= 4 is 27.5 Å². The molecule has 7 nitrogen and oxygen atoms in total. The quantitative estimate of drug-likeness (QED) is 0.755. The van der Waals surface area contributed by atoms with E-state index in [1.54, 1.807) is 17.0 Å². The van der Waals surface area contributed by atoms with Crippen LogP contribution in [0.3, 0.4) is 0 Å². The molecule has 0 saturated heterocycles. The van der Waals surface area contributed by atoms with E-state index in [1.165, 1.54) is 0 Å². The molecule has 8 heteroatoms. The van der Waals surface area contributed by atoms with Crippen LogP contribution in [-0.2, 0) is 16.1 Å². The highest BCUT2D eigenvalue weighted by molar-refractivity contribution is 9.10. The summed E-state index contributed by atoms with van der Waals surface area (Å²) in [4.78, 5) is 14.9. The molecule has 2 aliphatic rings. The molecule has 2 N–H and O–H groups in total. The lowest BCUT2D eigenvalue weighted by atomic mass is 10.1. The number of anilines is 1. The van der Waals surface area contributed by atoms with E-state index in [4.69, 9.17) is 9.47 Å². The van der Waals surface area contributed by atoms with Gasteiger partial charge in [-0.1, -0.05) is 28.1 Å². The van der Waals surface area contributed by atoms with E-state index in [2.05, 4.69) is 26.9 Å². The zero-order valence-electron chi connectivity index (χ0n) is 15.7. The summed E-state index contributed by atoms with van der Waals surface area (Å²) in [5.74, 6) is 1.19. The maximum absolute atomic E-state index is 13.2. The van der Waals surface area contributed by atoms with Gasteiger partial charge in [0, 0.05) is 10.2 Å². The van der Waals surface area contributed by atoms with Crippen LogP contribution in [-0.4, -0.2) is 31.2 Å². The maximum Gasteiger partial charge on any atom is 0.281 e. The Labute approximate surface area is 172 Å². The van der Waals surface area contributed by atoms with Gasteiger partial charge >= 0.3 is 0 Å². The molecule has 0 fully saturated rings. The summed E-state index contributed by atoms with van der Waals surface area (Å²) in [6.07, 6.45) is 0. The second kappa shape index (κ2) is 7.73. The largest absolute Gasteiger partial charge is 0.497 e. The summed E-state index contributed by atoms with van der Waals surface area (Å²) >= 11 is 3.47. The van der Waals surface area contributed by atoms with Gasteiger partial charge in [-0.2, -0.15) is 0 Å². The lowest BCUT2D eigenvalue weighted by Gasteiger charge is -2.24. The molecule has 2 aliphatic heterocycles. The van der Waals surface area contributed by atoms with Crippen LogP contribution in [0.4, 0.5) is 5.69 Å². The standard InChI is InChI=1S/C20H21BrN4O3/c1-13-11-15(21)5-8-17(13)24-9-10-28-20-18(19(24)26)22-23-25(20)12-14-3-6-16(27-2)7-4-14/h3-8,11,22-23H,9-10,12H2,1-2H3. The smallest absolute Gasteiger partial charge is 0.281 e. The molecule has 4 rings (SSSR count). The molecule has 1 amide bonds. The third-order valence-electron chi connectivity index (χ3n) is 4.74. The number of nitrogens with zero attached hydrogens (tertiary/aromatic N) is 2. The monoisotopic (exact) mass is 444 g/mol. The fourth-order valence-electron chi connectivity index (χ4n) is 3.30. The van der Waals surface area contributed by atoms with Gasteiger partial charge in [-0.15, -0.1) is 5.53 Å². The second-order valence-electron chi connectivity index (χ2n) is 6.59. The fourth-order valence-corrected chi connectivity index (χ4v) is 3.78. The molecular formula is C20H21BrN4O3. The maximum atomic E-state index is 13.2. The molecule has 2 aromatic carbocycles. The van der Waals surface area contributed by atoms with Crippen LogP contribution in [0.25, 0.3) is 0 Å². The van der Waals surface area contributed by atoms with Crippen LogP contribution in [0.2, 0.25) is 0 Å². The lowest BCUT2D eigenvalue weighted by Crippen LogP contribution is -2.42. The number of nitrogens with one attached hydrogen (secondary N) is 2. The van der Waals surface area contributed by atoms with Crippen molar-refractivity contribution in [3.8, 4) is 5.75 Å². The van der Waals surface area contributed by atoms with Gasteiger partial charge < -0.3 is 14.4 Å². The van der Waals surface area contributed by atoms with Crippen molar-refractivity contribution < 1.29 is 14.3 Å². The van der Waals surface area contributed by atoms with Crippen molar-refractivity contribution in [2.75, 3.05) is 25.2 Å². The molecule has 0 radical (unpaired) electrons. The number of halogens is 1. The Kier molecular flexibility index (Phi) is 5.15. The van der Waals surface area contributed by atoms with Gasteiger partial charge in [0.2, 0.25) is 5.88 Å². The molecular weight excluding hydrogens is 424 g/mol. The Hall–Kier alpha value is -2.71.